The van der Waals surface area contributed by atoms with Gasteiger partial charge >= 0.3 is 0 Å². The van der Waals surface area contributed by atoms with Gasteiger partial charge in [0.2, 0.25) is 0 Å². The molecule has 92 valence electrons. The normalized spacial score (nSPS) is 9.38. The molecule has 0 saturated heterocycles. The summed E-state index contributed by atoms with van der Waals surface area (Å²) in [6.45, 7) is 6.28. The van der Waals surface area contributed by atoms with Crippen molar-refractivity contribution in [1.82, 2.24) is 0 Å². The lowest BCUT2D eigenvalue weighted by molar-refractivity contribution is 0.128. The van der Waals surface area contributed by atoms with E-state index >= 15 is 0 Å². The molecule has 1 aromatic rings. The minimum absolute atomic E-state index is 0.322. The summed E-state index contributed by atoms with van der Waals surface area (Å²) in [7, 11) is 0. The van der Waals surface area contributed by atoms with Crippen molar-refractivity contribution >= 4 is 0 Å². The van der Waals surface area contributed by atoms with Crippen LogP contribution in [0, 0.1) is 0 Å². The fourth-order valence-electron chi connectivity index (χ4n) is 1.02. The molecule has 1 N–H and O–H groups in total. The number of para-hydroxylation sites is 1. The van der Waals surface area contributed by atoms with Crippen molar-refractivity contribution in [3.8, 4) is 5.75 Å². The summed E-state index contributed by atoms with van der Waals surface area (Å²) in [5, 5.41) is 8.63. The van der Waals surface area contributed by atoms with E-state index in [9.17, 15) is 0 Å². The Labute approximate surface area is 99.3 Å². The highest BCUT2D eigenvalue weighted by Crippen LogP contribution is 2.02. The first-order valence-corrected chi connectivity index (χ1v) is 6.13. The van der Waals surface area contributed by atoms with E-state index in [1.807, 2.05) is 6.07 Å². The zero-order chi connectivity index (χ0) is 12.1. The lowest BCUT2D eigenvalue weighted by atomic mass is 10.3. The van der Waals surface area contributed by atoms with E-state index in [0.717, 1.165) is 13.2 Å². The highest BCUT2D eigenvalue weighted by molar-refractivity contribution is 5.18. The first-order valence-electron chi connectivity index (χ1n) is 6.13. The molecule has 2 heteroatoms. The Morgan fingerprint density at radius 2 is 1.44 bits per heavy atom. The van der Waals surface area contributed by atoms with Crippen molar-refractivity contribution in [3.63, 3.8) is 0 Å². The van der Waals surface area contributed by atoms with Gasteiger partial charge in [-0.3, -0.25) is 0 Å². The fourth-order valence-corrected chi connectivity index (χ4v) is 1.02. The van der Waals surface area contributed by atoms with Crippen LogP contribution in [0.5, 0.6) is 5.75 Å². The van der Waals surface area contributed by atoms with Crippen LogP contribution in [0.2, 0.25) is 0 Å². The first-order chi connectivity index (χ1) is 7.81. The zero-order valence-electron chi connectivity index (χ0n) is 10.5. The summed E-state index contributed by atoms with van der Waals surface area (Å²) in [4.78, 5) is 0. The van der Waals surface area contributed by atoms with Gasteiger partial charge in [-0.1, -0.05) is 44.9 Å². The van der Waals surface area contributed by atoms with Crippen LogP contribution in [-0.4, -0.2) is 18.3 Å². The minimum atomic E-state index is 0.322. The van der Waals surface area contributed by atoms with Crippen molar-refractivity contribution in [3.05, 3.63) is 30.3 Å². The molecule has 16 heavy (non-hydrogen) atoms. The molecule has 0 aliphatic carbocycles. The predicted octanol–water partition coefficient (Wildman–Crippen LogP) is 4.00. The average molecular weight is 224 g/mol. The monoisotopic (exact) mass is 224 g/mol. The van der Waals surface area contributed by atoms with Crippen LogP contribution in [-0.2, 0) is 4.74 Å². The van der Waals surface area contributed by atoms with Crippen LogP contribution < -0.4 is 0 Å². The third-order valence-corrected chi connectivity index (χ3v) is 2.04. The molecule has 0 radical (unpaired) electrons. The molecule has 0 atom stereocenters. The van der Waals surface area contributed by atoms with E-state index in [1.54, 1.807) is 24.3 Å². The van der Waals surface area contributed by atoms with Crippen molar-refractivity contribution in [1.29, 1.82) is 0 Å². The van der Waals surface area contributed by atoms with Gasteiger partial charge in [0.05, 0.1) is 0 Å². The maximum absolute atomic E-state index is 8.63. The second kappa shape index (κ2) is 12.1. The van der Waals surface area contributed by atoms with Gasteiger partial charge in [0.25, 0.3) is 0 Å². The number of hydrogen-bond acceptors (Lipinski definition) is 2. The second-order valence-electron chi connectivity index (χ2n) is 3.66. The topological polar surface area (TPSA) is 29.5 Å². The van der Waals surface area contributed by atoms with Gasteiger partial charge in [0.1, 0.15) is 5.75 Å². The Bertz CT molecular complexity index is 215. The summed E-state index contributed by atoms with van der Waals surface area (Å²) in [5.41, 5.74) is 0. The molecule has 1 rings (SSSR count). The molecular formula is C14H24O2. The summed E-state index contributed by atoms with van der Waals surface area (Å²) in [5.74, 6) is 0.322. The molecule has 0 bridgehead atoms. The van der Waals surface area contributed by atoms with E-state index in [0.29, 0.717) is 5.75 Å². The van der Waals surface area contributed by atoms with Crippen molar-refractivity contribution in [2.45, 2.75) is 39.5 Å². The van der Waals surface area contributed by atoms with Crippen LogP contribution in [0.1, 0.15) is 39.5 Å². The molecule has 0 fully saturated rings. The van der Waals surface area contributed by atoms with Gasteiger partial charge in [0.15, 0.2) is 0 Å². The highest BCUT2D eigenvalue weighted by Gasteiger charge is 1.84. The van der Waals surface area contributed by atoms with E-state index in [2.05, 4.69) is 13.8 Å². The highest BCUT2D eigenvalue weighted by atomic mass is 16.5. The third-order valence-electron chi connectivity index (χ3n) is 2.04. The Kier molecular flexibility index (Phi) is 11.3. The standard InChI is InChI=1S/C8H18O.C6H6O/c1-3-5-7-9-8-6-4-2;7-6-4-2-1-3-5-6/h3-8H2,1-2H3;1-5,7H. The van der Waals surface area contributed by atoms with E-state index in [1.165, 1.54) is 25.7 Å². The van der Waals surface area contributed by atoms with E-state index in [4.69, 9.17) is 9.84 Å². The maximum Gasteiger partial charge on any atom is 0.115 e. The average Bonchev–Trinajstić information content (AvgIpc) is 2.31. The third kappa shape index (κ3) is 11.1. The van der Waals surface area contributed by atoms with Crippen LogP contribution >= 0.6 is 0 Å². The first kappa shape index (κ1) is 15.0. The largest absolute Gasteiger partial charge is 0.508 e. The van der Waals surface area contributed by atoms with Gasteiger partial charge in [0, 0.05) is 13.2 Å². The molecule has 0 unspecified atom stereocenters. The Morgan fingerprint density at radius 3 is 1.75 bits per heavy atom. The van der Waals surface area contributed by atoms with Gasteiger partial charge < -0.3 is 9.84 Å². The fraction of sp³-hybridized carbons (Fsp3) is 0.571. The summed E-state index contributed by atoms with van der Waals surface area (Å²) < 4.78 is 5.31. The van der Waals surface area contributed by atoms with Crippen LogP contribution in [0.15, 0.2) is 30.3 Å². The zero-order valence-corrected chi connectivity index (χ0v) is 10.5. The van der Waals surface area contributed by atoms with Crippen molar-refractivity contribution in [2.75, 3.05) is 13.2 Å². The molecule has 0 saturated carbocycles. The Hall–Kier alpha value is -1.02. The number of rotatable bonds is 6. The molecule has 2 nitrogen and oxygen atoms in total. The van der Waals surface area contributed by atoms with E-state index < -0.39 is 0 Å². The SMILES string of the molecule is CCCCOCCCC.Oc1ccccc1. The number of phenols is 1. The second-order valence-corrected chi connectivity index (χ2v) is 3.66. The quantitative estimate of drug-likeness (QED) is 0.740. The molecule has 0 spiro atoms. The van der Waals surface area contributed by atoms with Crippen LogP contribution in [0.4, 0.5) is 0 Å². The number of benzene rings is 1. The smallest absolute Gasteiger partial charge is 0.115 e. The van der Waals surface area contributed by atoms with Crippen molar-refractivity contribution < 1.29 is 9.84 Å². The minimum Gasteiger partial charge on any atom is -0.508 e. The van der Waals surface area contributed by atoms with E-state index in [-0.39, 0.29) is 0 Å². The van der Waals surface area contributed by atoms with Gasteiger partial charge in [-0.15, -0.1) is 0 Å². The number of ether oxygens (including phenoxy) is 1. The van der Waals surface area contributed by atoms with Gasteiger partial charge in [-0.25, -0.2) is 0 Å². The van der Waals surface area contributed by atoms with Gasteiger partial charge in [-0.2, -0.15) is 0 Å². The molecule has 0 aliphatic heterocycles. The molecule has 0 amide bonds. The summed E-state index contributed by atoms with van der Waals surface area (Å²) >= 11 is 0. The number of phenolic OH excluding ortho intramolecular Hbond substituents is 1. The van der Waals surface area contributed by atoms with Crippen molar-refractivity contribution in [2.24, 2.45) is 0 Å². The summed E-state index contributed by atoms with van der Waals surface area (Å²) in [6.07, 6.45) is 4.91. The molecule has 0 aliphatic rings. The molecule has 0 heterocycles. The Balaban J connectivity index is 0.000000288. The maximum atomic E-state index is 8.63. The number of hydrogen-bond donors (Lipinski definition) is 1. The molecular weight excluding hydrogens is 200 g/mol. The number of aromatic hydroxyl groups is 1. The van der Waals surface area contributed by atoms with Crippen LogP contribution in [0.3, 0.4) is 0 Å². The number of unbranched alkanes of at least 4 members (excludes halogenated alkanes) is 2. The predicted molar refractivity (Wildman–Crippen MR) is 68.7 cm³/mol. The molecule has 1 aromatic carbocycles. The lowest BCUT2D eigenvalue weighted by Gasteiger charge is -1.99. The van der Waals surface area contributed by atoms with Crippen LogP contribution in [0.25, 0.3) is 0 Å². The van der Waals surface area contributed by atoms with Gasteiger partial charge in [-0.05, 0) is 25.0 Å². The summed E-state index contributed by atoms with van der Waals surface area (Å²) in [6, 6.07) is 8.71. The Morgan fingerprint density at radius 1 is 0.938 bits per heavy atom. The lowest BCUT2D eigenvalue weighted by Crippen LogP contribution is -1.95. The molecule has 0 aromatic heterocycles.